The van der Waals surface area contributed by atoms with E-state index in [4.69, 9.17) is 126 Å². The van der Waals surface area contributed by atoms with Crippen molar-refractivity contribution in [1.29, 1.82) is 0 Å². The molecule has 0 aliphatic carbocycles. The van der Waals surface area contributed by atoms with E-state index >= 15 is 0 Å². The summed E-state index contributed by atoms with van der Waals surface area (Å²) in [7, 11) is 9.19. The molecule has 0 bridgehead atoms. The van der Waals surface area contributed by atoms with E-state index in [-0.39, 0.29) is 96.0 Å². The number of methoxy groups -OCH3 is 5. The van der Waals surface area contributed by atoms with Crippen molar-refractivity contribution in [2.75, 3.05) is 198 Å². The summed E-state index contributed by atoms with van der Waals surface area (Å²) < 4.78 is 127. The average Bonchev–Trinajstić information content (AvgIpc) is 1.70. The Morgan fingerprint density at radius 1 is 0.392 bits per heavy atom. The molecule has 9 aromatic rings. The monoisotopic (exact) mass is 2600 g/mol. The molecule has 6 aromatic carbocycles. The predicted molar refractivity (Wildman–Crippen MR) is 552 cm³/mol. The fraction of sp³-hybridized carbons (Fsp3) is 0.400. The number of nitrogens with two attached hydrogens (primary N) is 2. The molecule has 13 rings (SSSR count). The van der Waals surface area contributed by atoms with Gasteiger partial charge in [0.25, 0.3) is 0 Å². The van der Waals surface area contributed by atoms with Gasteiger partial charge in [-0.05, 0) is 91.0 Å². The maximum atomic E-state index is 12.0. The van der Waals surface area contributed by atoms with Gasteiger partial charge in [-0.15, -0.1) is 0 Å². The number of benzene rings is 6. The second kappa shape index (κ2) is 82.2. The van der Waals surface area contributed by atoms with E-state index in [1.165, 1.54) is 57.4 Å². The van der Waals surface area contributed by atoms with Crippen molar-refractivity contribution in [1.82, 2.24) is 28.7 Å². The molecular formula is C95H117I4N9O38V2. The number of carbonyl (C=O) groups excluding carboxylic acids is 9. The summed E-state index contributed by atoms with van der Waals surface area (Å²) in [5.41, 5.74) is 11.9. The van der Waals surface area contributed by atoms with E-state index < -0.39 is 116 Å². The third-order valence-corrected chi connectivity index (χ3v) is 18.0. The summed E-state index contributed by atoms with van der Waals surface area (Å²) >= 11 is 9.48. The molecule has 7 heterocycles. The van der Waals surface area contributed by atoms with E-state index in [0.29, 0.717) is 138 Å². The van der Waals surface area contributed by atoms with Crippen LogP contribution in [-0.2, 0) is 147 Å². The van der Waals surface area contributed by atoms with Crippen molar-refractivity contribution in [2.45, 2.75) is 69.6 Å². The Labute approximate surface area is 909 Å². The minimum atomic E-state index is -0.783. The van der Waals surface area contributed by atoms with Gasteiger partial charge in [0.2, 0.25) is 5.91 Å². The number of aliphatic hydroxyl groups is 2. The van der Waals surface area contributed by atoms with E-state index in [0.717, 1.165) is 0 Å². The van der Waals surface area contributed by atoms with Gasteiger partial charge in [0.05, 0.1) is 132 Å². The number of amides is 1. The van der Waals surface area contributed by atoms with E-state index in [1.807, 2.05) is 18.2 Å². The Balaban J connectivity index is 0.000000354. The molecule has 0 radical (unpaired) electrons. The number of aldehydes is 2. The van der Waals surface area contributed by atoms with Crippen molar-refractivity contribution in [3.8, 4) is 0 Å². The minimum absolute atomic E-state index is 0.0150. The van der Waals surface area contributed by atoms with Crippen LogP contribution in [-0.4, -0.2) is 318 Å². The predicted octanol–water partition coefficient (Wildman–Crippen LogP) is 8.13. The number of nitrogens with zero attached hydrogens (tertiary/aromatic N) is 6. The molecule has 8 atom stereocenters. The van der Waals surface area contributed by atoms with Crippen LogP contribution in [0.5, 0.6) is 0 Å². The Hall–Kier alpha value is -9.52. The van der Waals surface area contributed by atoms with Crippen LogP contribution in [0.3, 0.4) is 0 Å². The third-order valence-electron chi connectivity index (χ3n) is 18.0. The molecule has 47 nitrogen and oxygen atoms in total. The Bertz CT molecular complexity index is 5280. The van der Waals surface area contributed by atoms with Crippen LogP contribution in [0, 0.1) is 0 Å². The molecule has 0 saturated carbocycles. The number of rotatable bonds is 44. The first-order valence-electron chi connectivity index (χ1n) is 44.2. The molecule has 0 spiro atoms. The van der Waals surface area contributed by atoms with Gasteiger partial charge in [-0.1, -0.05) is 109 Å². The summed E-state index contributed by atoms with van der Waals surface area (Å²) in [6.07, 6.45) is -0.815. The van der Waals surface area contributed by atoms with Crippen molar-refractivity contribution in [3.63, 3.8) is 0 Å². The first kappa shape index (κ1) is 131. The van der Waals surface area contributed by atoms with Gasteiger partial charge in [0.15, 0.2) is 75.3 Å². The molecule has 4 fully saturated rings. The van der Waals surface area contributed by atoms with Crippen molar-refractivity contribution >= 4 is 152 Å². The molecule has 3 aromatic heterocycles. The van der Waals surface area contributed by atoms with E-state index in [2.05, 4.69) is 110 Å². The summed E-state index contributed by atoms with van der Waals surface area (Å²) in [5, 5.41) is 20.0. The SMILES string of the molecule is CC(=O)Nc1ccn(C2COC(COC(=O)c3ccccc3)O2)c(=O)n1.COCCOC(CO)OCCOC.COCCOC(COC(=O)c1ccccc1)OCCOC.COCCOC1COC(COC(=O)c2ccccc2)O1.Nc1ccn(C2COC(CO)O2)c(=O)n1.Nc1ccn(C2COC(COC(=O)c3ccccc3)O2)c(=O)n1.O=CCOC(=O)c1ccccc1.O=CCOC(=O)c1ccccc1.[I][V][I].[I][V][I]. The van der Waals surface area contributed by atoms with Crippen molar-refractivity contribution in [2.24, 2.45) is 0 Å². The number of halogens is 4. The molecule has 4 aliphatic heterocycles. The van der Waals surface area contributed by atoms with Gasteiger partial charge >= 0.3 is 152 Å². The summed E-state index contributed by atoms with van der Waals surface area (Å²) in [6.45, 7) is 5.54. The molecule has 7 N–H and O–H groups in total. The number of aromatic nitrogens is 6. The summed E-state index contributed by atoms with van der Waals surface area (Å²) in [6, 6.07) is 56.2. The number of carbonyl (C=O) groups is 9. The fourth-order valence-corrected chi connectivity index (χ4v) is 11.2. The molecule has 53 heteroatoms. The summed E-state index contributed by atoms with van der Waals surface area (Å²) in [5.74, 6) is -2.57. The second-order valence-electron chi connectivity index (χ2n) is 28.4. The zero-order valence-corrected chi connectivity index (χ0v) is 92.5. The topological polar surface area (TPSA) is 584 Å². The first-order chi connectivity index (χ1) is 71.8. The van der Waals surface area contributed by atoms with Gasteiger partial charge in [-0.2, -0.15) is 15.0 Å². The van der Waals surface area contributed by atoms with E-state index in [9.17, 15) is 57.5 Å². The first-order valence-corrected chi connectivity index (χ1v) is 62.3. The van der Waals surface area contributed by atoms with E-state index in [1.54, 1.807) is 199 Å². The molecule has 808 valence electrons. The quantitative estimate of drug-likeness (QED) is 0.00600. The van der Waals surface area contributed by atoms with Crippen LogP contribution >= 0.6 is 79.9 Å². The molecule has 1 amide bonds. The van der Waals surface area contributed by atoms with Gasteiger partial charge in [-0.3, -0.25) is 28.1 Å². The van der Waals surface area contributed by atoms with Gasteiger partial charge in [0, 0.05) is 61.1 Å². The average molecular weight is 2600 g/mol. The number of esters is 6. The van der Waals surface area contributed by atoms with Gasteiger partial charge in [0.1, 0.15) is 63.7 Å². The zero-order valence-electron chi connectivity index (χ0n) is 81.1. The molecule has 148 heavy (non-hydrogen) atoms. The summed E-state index contributed by atoms with van der Waals surface area (Å²) in [4.78, 5) is 146. The number of aliphatic hydroxyl groups excluding tert-OH is 2. The molecular weight excluding hydrogens is 2480 g/mol. The van der Waals surface area contributed by atoms with Crippen LogP contribution in [0.4, 0.5) is 17.5 Å². The van der Waals surface area contributed by atoms with Crippen molar-refractivity contribution in [3.05, 3.63) is 284 Å². The zero-order chi connectivity index (χ0) is 108. The number of hydrogen-bond acceptors (Lipinski definition) is 43. The van der Waals surface area contributed by atoms with Gasteiger partial charge < -0.3 is 141 Å². The Kier molecular flexibility index (Phi) is 72.6. The Morgan fingerprint density at radius 3 is 0.973 bits per heavy atom. The van der Waals surface area contributed by atoms with Crippen molar-refractivity contribution < 1.29 is 186 Å². The normalized spacial score (nSPS) is 16.2. The van der Waals surface area contributed by atoms with Crippen LogP contribution in [0.15, 0.2) is 233 Å². The second-order valence-corrected chi connectivity index (χ2v) is 52.0. The number of nitrogens with one attached hydrogen (secondary N) is 1. The number of hydrogen-bond donors (Lipinski definition) is 5. The molecule has 4 aliphatic rings. The standard InChI is InChI=1S/C17H17N3O6.C15H15N3O5.C15H22O6.C14H18O6.2C9H8O3.C8H11N3O4.C8H18O5.4HI.2V/c1-11(21)18-13-7-8-20(17(23)19-13)14-9-24-15(26-14)10-25-16(22)12-5-3-2-4-6-12;16-11-6-7-18(15(20)17-11)12-8-21-13(23-12)9-22-14(19)10-4-2-1-3-5-10;1-17-8-10-19-14(20-11-9-18-2)12-21-15(16)13-6-4-3-5-7-13;1-16-7-8-17-12-9-18-13(20-12)10-19-14(15)11-5-3-2-4-6-11;2*10-6-7-12-9(11)8-4-2-1-3-5-8;9-5-1-2-11(8(13)10-5)6-4-14-7(3-12)15-6;1-10-3-5-12-8(7-9)13-6-4-11-2;;;;;;/h2-8,14-15H,9-10H2,1H3,(H,18,19,21,23);1-7,12-13H,8-9H2,(H2,16,17,20);3-7,14H,8-12H2,1-2H3;2-6,12-13H,7-10H2,1H3;2*1-6H,7H2;1-2,6-7,12H,3-4H2,(H2,9,10,13);8-9H,3-7H2,1-2H3;4*1H;;/q;;;;;;;;;;;;2*+2/p-4. The van der Waals surface area contributed by atoms with Crippen LogP contribution in [0.25, 0.3) is 0 Å². The van der Waals surface area contributed by atoms with Crippen LogP contribution in [0.2, 0.25) is 0 Å². The van der Waals surface area contributed by atoms with Crippen LogP contribution in [0.1, 0.15) is 87.8 Å². The molecule has 8 unspecified atom stereocenters. The molecule has 4 saturated heterocycles. The Morgan fingerprint density at radius 2 is 0.676 bits per heavy atom. The number of nitrogen functional groups attached to an aromatic ring is 2. The third kappa shape index (κ3) is 56.5. The number of ether oxygens (including phenoxy) is 24. The fourth-order valence-electron chi connectivity index (χ4n) is 11.2. The van der Waals surface area contributed by atoms with Gasteiger partial charge in [-0.25, -0.2) is 43.2 Å². The number of anilines is 3. The maximum absolute atomic E-state index is 12.0. The van der Waals surface area contributed by atoms with Crippen LogP contribution < -0.4 is 33.9 Å².